The molecule has 0 bridgehead atoms. The van der Waals surface area contributed by atoms with Crippen LogP contribution >= 0.6 is 0 Å². The van der Waals surface area contributed by atoms with E-state index in [1.807, 2.05) is 30.3 Å². The number of hydrogen-bond acceptors (Lipinski definition) is 4. The van der Waals surface area contributed by atoms with Crippen molar-refractivity contribution in [2.45, 2.75) is 6.54 Å². The first-order valence-corrected chi connectivity index (χ1v) is 5.57. The molecule has 0 fully saturated rings. The summed E-state index contributed by atoms with van der Waals surface area (Å²) in [6.07, 6.45) is 0. The van der Waals surface area contributed by atoms with Crippen LogP contribution in [0.5, 0.6) is 0 Å². The second-order valence-electron chi connectivity index (χ2n) is 4.03. The van der Waals surface area contributed by atoms with E-state index in [0.29, 0.717) is 0 Å². The zero-order valence-corrected chi connectivity index (χ0v) is 9.78. The summed E-state index contributed by atoms with van der Waals surface area (Å²) in [5, 5.41) is 0. The van der Waals surface area contributed by atoms with Gasteiger partial charge in [-0.15, -0.1) is 0 Å². The van der Waals surface area contributed by atoms with E-state index in [9.17, 15) is 9.59 Å². The van der Waals surface area contributed by atoms with Crippen molar-refractivity contribution in [1.82, 2.24) is 4.90 Å². The van der Waals surface area contributed by atoms with Gasteiger partial charge in [0.25, 0.3) is 0 Å². The molecule has 2 aliphatic heterocycles. The normalized spacial score (nSPS) is 17.9. The SMILES string of the molecule is NC1=NC(=O)C2=NC(=O)N(Cc3ccccc3)C2=N1. The first-order chi connectivity index (χ1) is 9.15. The van der Waals surface area contributed by atoms with Gasteiger partial charge in [-0.3, -0.25) is 9.69 Å². The summed E-state index contributed by atoms with van der Waals surface area (Å²) in [6, 6.07) is 8.81. The standard InChI is InChI=1S/C12H9N5O2/c13-11-15-9-8(10(18)16-11)14-12(19)17(9)6-7-4-2-1-3-5-7/h1-5H,6H2,(H2,13,16,18). The number of amidine groups is 1. The molecule has 0 spiro atoms. The fraction of sp³-hybridized carbons (Fsp3) is 0.0833. The summed E-state index contributed by atoms with van der Waals surface area (Å²) in [7, 11) is 0. The molecule has 0 aromatic heterocycles. The number of carbonyl (C=O) groups is 2. The summed E-state index contributed by atoms with van der Waals surface area (Å²) in [5.41, 5.74) is 6.29. The molecule has 19 heavy (non-hydrogen) atoms. The highest BCUT2D eigenvalue weighted by Gasteiger charge is 2.37. The van der Waals surface area contributed by atoms with Gasteiger partial charge in [-0.2, -0.15) is 15.0 Å². The van der Waals surface area contributed by atoms with Crippen LogP contribution in [0.2, 0.25) is 0 Å². The molecular formula is C12H9N5O2. The van der Waals surface area contributed by atoms with Crippen LogP contribution in [0.3, 0.4) is 0 Å². The minimum absolute atomic E-state index is 0.0462. The van der Waals surface area contributed by atoms with Crippen molar-refractivity contribution < 1.29 is 9.59 Å². The Labute approximate surface area is 108 Å². The van der Waals surface area contributed by atoms with Crippen molar-refractivity contribution in [2.75, 3.05) is 0 Å². The van der Waals surface area contributed by atoms with Gasteiger partial charge in [0.1, 0.15) is 0 Å². The quantitative estimate of drug-likeness (QED) is 0.823. The van der Waals surface area contributed by atoms with Crippen LogP contribution in [0.4, 0.5) is 4.79 Å². The molecule has 2 N–H and O–H groups in total. The average molecular weight is 255 g/mol. The predicted octanol–water partition coefficient (Wildman–Crippen LogP) is 0.317. The second kappa shape index (κ2) is 4.13. The van der Waals surface area contributed by atoms with E-state index in [1.165, 1.54) is 4.90 Å². The summed E-state index contributed by atoms with van der Waals surface area (Å²) >= 11 is 0. The first kappa shape index (κ1) is 11.3. The Morgan fingerprint density at radius 1 is 1.05 bits per heavy atom. The maximum atomic E-state index is 11.8. The highest BCUT2D eigenvalue weighted by Crippen LogP contribution is 2.16. The van der Waals surface area contributed by atoms with Gasteiger partial charge in [0.05, 0.1) is 6.54 Å². The number of urea groups is 1. The molecule has 7 heteroatoms. The first-order valence-electron chi connectivity index (χ1n) is 5.57. The summed E-state index contributed by atoms with van der Waals surface area (Å²) in [5.74, 6) is -0.621. The summed E-state index contributed by atoms with van der Waals surface area (Å²) in [6.45, 7) is 0.284. The fourth-order valence-corrected chi connectivity index (χ4v) is 1.88. The highest BCUT2D eigenvalue weighted by molar-refractivity contribution is 6.72. The van der Waals surface area contributed by atoms with E-state index in [4.69, 9.17) is 5.73 Å². The molecular weight excluding hydrogens is 246 g/mol. The molecule has 7 nitrogen and oxygen atoms in total. The largest absolute Gasteiger partial charge is 0.368 e. The number of guanidine groups is 1. The van der Waals surface area contributed by atoms with Gasteiger partial charge in [0, 0.05) is 0 Å². The summed E-state index contributed by atoms with van der Waals surface area (Å²) < 4.78 is 0. The lowest BCUT2D eigenvalue weighted by molar-refractivity contribution is -0.111. The number of hydrogen-bond donors (Lipinski definition) is 1. The number of fused-ring (bicyclic) bond motifs is 1. The number of carbonyl (C=O) groups excluding carboxylic acids is 2. The Balaban J connectivity index is 1.94. The third-order valence-electron chi connectivity index (χ3n) is 2.73. The Hall–Kier alpha value is -2.83. The van der Waals surface area contributed by atoms with Crippen molar-refractivity contribution >= 4 is 29.4 Å². The third-order valence-corrected chi connectivity index (χ3v) is 2.73. The molecule has 0 atom stereocenters. The van der Waals surface area contributed by atoms with Gasteiger partial charge in [-0.25, -0.2) is 4.79 Å². The van der Waals surface area contributed by atoms with Gasteiger partial charge in [-0.1, -0.05) is 30.3 Å². The highest BCUT2D eigenvalue weighted by atomic mass is 16.2. The van der Waals surface area contributed by atoms with Crippen LogP contribution in [0.1, 0.15) is 5.56 Å². The molecule has 3 amide bonds. The summed E-state index contributed by atoms with van der Waals surface area (Å²) in [4.78, 5) is 35.7. The maximum Gasteiger partial charge on any atom is 0.350 e. The van der Waals surface area contributed by atoms with Crippen LogP contribution in [0.15, 0.2) is 45.3 Å². The van der Waals surface area contributed by atoms with Gasteiger partial charge in [0.2, 0.25) is 5.96 Å². The molecule has 1 aromatic carbocycles. The molecule has 0 radical (unpaired) electrons. The van der Waals surface area contributed by atoms with E-state index in [2.05, 4.69) is 15.0 Å². The van der Waals surface area contributed by atoms with Gasteiger partial charge >= 0.3 is 11.9 Å². The lowest BCUT2D eigenvalue weighted by Crippen LogP contribution is -2.39. The van der Waals surface area contributed by atoms with E-state index in [1.54, 1.807) is 0 Å². The predicted molar refractivity (Wildman–Crippen MR) is 68.9 cm³/mol. The van der Waals surface area contributed by atoms with Crippen LogP contribution in [0, 0.1) is 0 Å². The minimum Gasteiger partial charge on any atom is -0.368 e. The van der Waals surface area contributed by atoms with Crippen LogP contribution in [-0.4, -0.2) is 34.3 Å². The van der Waals surface area contributed by atoms with E-state index in [0.717, 1.165) is 5.56 Å². The van der Waals surface area contributed by atoms with Crippen molar-refractivity contribution in [3.8, 4) is 0 Å². The lowest BCUT2D eigenvalue weighted by Gasteiger charge is -2.17. The number of amides is 3. The Bertz CT molecular complexity index is 660. The third kappa shape index (κ3) is 1.90. The fourth-order valence-electron chi connectivity index (χ4n) is 1.88. The number of nitrogens with zero attached hydrogens (tertiary/aromatic N) is 4. The van der Waals surface area contributed by atoms with Crippen molar-refractivity contribution in [3.05, 3.63) is 35.9 Å². The van der Waals surface area contributed by atoms with E-state index >= 15 is 0 Å². The zero-order chi connectivity index (χ0) is 13.4. The van der Waals surface area contributed by atoms with Crippen LogP contribution in [0.25, 0.3) is 0 Å². The second-order valence-corrected chi connectivity index (χ2v) is 4.03. The number of nitrogens with two attached hydrogens (primary N) is 1. The molecule has 94 valence electrons. The number of rotatable bonds is 2. The molecule has 0 saturated heterocycles. The minimum atomic E-state index is -0.633. The molecule has 3 rings (SSSR count). The Kier molecular flexibility index (Phi) is 2.45. The topological polar surface area (TPSA) is 100 Å². The van der Waals surface area contributed by atoms with Crippen molar-refractivity contribution in [2.24, 2.45) is 20.7 Å². The Morgan fingerprint density at radius 2 is 1.79 bits per heavy atom. The molecule has 0 saturated carbocycles. The molecule has 2 heterocycles. The number of aliphatic imine (C=N–C) groups is 3. The van der Waals surface area contributed by atoms with Gasteiger partial charge in [-0.05, 0) is 5.56 Å². The lowest BCUT2D eigenvalue weighted by atomic mass is 10.2. The molecule has 2 aliphatic rings. The van der Waals surface area contributed by atoms with Gasteiger partial charge < -0.3 is 5.73 Å². The Morgan fingerprint density at radius 3 is 2.53 bits per heavy atom. The van der Waals surface area contributed by atoms with E-state index < -0.39 is 11.9 Å². The zero-order valence-electron chi connectivity index (χ0n) is 9.78. The van der Waals surface area contributed by atoms with Crippen LogP contribution in [-0.2, 0) is 11.3 Å². The molecule has 1 aromatic rings. The average Bonchev–Trinajstić information content (AvgIpc) is 2.69. The monoisotopic (exact) mass is 255 g/mol. The molecule has 0 unspecified atom stereocenters. The van der Waals surface area contributed by atoms with Crippen molar-refractivity contribution in [3.63, 3.8) is 0 Å². The van der Waals surface area contributed by atoms with Crippen molar-refractivity contribution in [1.29, 1.82) is 0 Å². The smallest absolute Gasteiger partial charge is 0.350 e. The van der Waals surface area contributed by atoms with E-state index in [-0.39, 0.29) is 24.1 Å². The number of benzene rings is 1. The van der Waals surface area contributed by atoms with Gasteiger partial charge in [0.15, 0.2) is 11.5 Å². The maximum absolute atomic E-state index is 11.8. The molecule has 0 aliphatic carbocycles. The van der Waals surface area contributed by atoms with Crippen LogP contribution < -0.4 is 5.73 Å².